The normalized spacial score (nSPS) is 10.1. The Bertz CT molecular complexity index is 375. The number of esters is 1. The minimum atomic E-state index is -0.221. The Morgan fingerprint density at radius 1 is 1.40 bits per heavy atom. The molecule has 0 saturated heterocycles. The smallest absolute Gasteiger partial charge is 0.310 e. The van der Waals surface area contributed by atoms with Gasteiger partial charge in [-0.1, -0.05) is 37.9 Å². The third-order valence-corrected chi connectivity index (χ3v) is 3.55. The summed E-state index contributed by atoms with van der Waals surface area (Å²) in [7, 11) is 1.40. The molecule has 1 aromatic rings. The molecule has 0 fully saturated rings. The fourth-order valence-corrected chi connectivity index (χ4v) is 2.42. The van der Waals surface area contributed by atoms with Crippen molar-refractivity contribution in [1.82, 2.24) is 0 Å². The summed E-state index contributed by atoms with van der Waals surface area (Å²) in [6.07, 6.45) is 0.306. The third kappa shape index (κ3) is 3.31. The first-order valence-electron chi connectivity index (χ1n) is 4.49. The maximum absolute atomic E-state index is 11.1. The molecule has 1 aromatic carbocycles. The van der Waals surface area contributed by atoms with Crippen LogP contribution in [0.3, 0.4) is 0 Å². The standard InChI is InChI=1S/C11H12Br2O2/c1-7-3-8(5-11(14)15-2)10(13)4-9(7)6-12/h3-4H,5-6H2,1-2H3. The van der Waals surface area contributed by atoms with Gasteiger partial charge in [0.2, 0.25) is 0 Å². The summed E-state index contributed by atoms with van der Waals surface area (Å²) in [6, 6.07) is 4.04. The summed E-state index contributed by atoms with van der Waals surface area (Å²) in [5.41, 5.74) is 3.36. The van der Waals surface area contributed by atoms with Crippen molar-refractivity contribution in [3.63, 3.8) is 0 Å². The number of aryl methyl sites for hydroxylation is 1. The lowest BCUT2D eigenvalue weighted by Crippen LogP contribution is -2.05. The first-order chi connectivity index (χ1) is 7.08. The van der Waals surface area contributed by atoms with Gasteiger partial charge < -0.3 is 4.74 Å². The molecule has 0 N–H and O–H groups in total. The average Bonchev–Trinajstić information content (AvgIpc) is 2.22. The summed E-state index contributed by atoms with van der Waals surface area (Å²) in [4.78, 5) is 11.1. The molecule has 0 aliphatic carbocycles. The lowest BCUT2D eigenvalue weighted by atomic mass is 10.0. The van der Waals surface area contributed by atoms with Crippen molar-refractivity contribution in [2.24, 2.45) is 0 Å². The first-order valence-corrected chi connectivity index (χ1v) is 6.40. The van der Waals surface area contributed by atoms with Gasteiger partial charge >= 0.3 is 5.97 Å². The van der Waals surface area contributed by atoms with Gasteiger partial charge in [-0.25, -0.2) is 0 Å². The Labute approximate surface area is 106 Å². The zero-order chi connectivity index (χ0) is 11.4. The van der Waals surface area contributed by atoms with Crippen LogP contribution in [0.4, 0.5) is 0 Å². The highest BCUT2D eigenvalue weighted by molar-refractivity contribution is 9.10. The molecule has 0 aliphatic heterocycles. The number of benzene rings is 1. The van der Waals surface area contributed by atoms with E-state index in [2.05, 4.69) is 36.6 Å². The van der Waals surface area contributed by atoms with E-state index in [1.165, 1.54) is 18.2 Å². The van der Waals surface area contributed by atoms with Crippen molar-refractivity contribution in [1.29, 1.82) is 0 Å². The van der Waals surface area contributed by atoms with E-state index in [0.717, 1.165) is 15.4 Å². The monoisotopic (exact) mass is 334 g/mol. The quantitative estimate of drug-likeness (QED) is 0.625. The number of carbonyl (C=O) groups is 1. The van der Waals surface area contributed by atoms with Crippen molar-refractivity contribution < 1.29 is 9.53 Å². The van der Waals surface area contributed by atoms with Crippen LogP contribution in [0.1, 0.15) is 16.7 Å². The van der Waals surface area contributed by atoms with Crippen molar-refractivity contribution >= 4 is 37.8 Å². The van der Waals surface area contributed by atoms with E-state index >= 15 is 0 Å². The lowest BCUT2D eigenvalue weighted by molar-refractivity contribution is -0.139. The number of alkyl halides is 1. The predicted molar refractivity (Wildman–Crippen MR) is 67.2 cm³/mol. The molecule has 0 heterocycles. The number of halogens is 2. The van der Waals surface area contributed by atoms with Gasteiger partial charge in [-0.15, -0.1) is 0 Å². The molecule has 0 unspecified atom stereocenters. The molecule has 4 heteroatoms. The van der Waals surface area contributed by atoms with Crippen molar-refractivity contribution in [2.45, 2.75) is 18.7 Å². The summed E-state index contributed by atoms with van der Waals surface area (Å²) in [5, 5.41) is 0.815. The fraction of sp³-hybridized carbons (Fsp3) is 0.364. The molecule has 0 aliphatic rings. The van der Waals surface area contributed by atoms with E-state index in [0.29, 0.717) is 6.42 Å². The SMILES string of the molecule is COC(=O)Cc1cc(C)c(CBr)cc1Br. The van der Waals surface area contributed by atoms with Crippen molar-refractivity contribution in [3.05, 3.63) is 33.3 Å². The zero-order valence-electron chi connectivity index (χ0n) is 8.64. The molecule has 82 valence electrons. The Morgan fingerprint density at radius 3 is 2.60 bits per heavy atom. The van der Waals surface area contributed by atoms with Gasteiger partial charge in [0.15, 0.2) is 0 Å². The van der Waals surface area contributed by atoms with Gasteiger partial charge in [0, 0.05) is 9.80 Å². The number of rotatable bonds is 3. The van der Waals surface area contributed by atoms with E-state index in [-0.39, 0.29) is 5.97 Å². The Hall–Kier alpha value is -0.350. The van der Waals surface area contributed by atoms with Gasteiger partial charge in [0.25, 0.3) is 0 Å². The Balaban J connectivity index is 3.00. The minimum absolute atomic E-state index is 0.221. The summed E-state index contributed by atoms with van der Waals surface area (Å²) >= 11 is 6.87. The molecular weight excluding hydrogens is 324 g/mol. The molecule has 0 spiro atoms. The average molecular weight is 336 g/mol. The van der Waals surface area contributed by atoms with Gasteiger partial charge in [-0.2, -0.15) is 0 Å². The van der Waals surface area contributed by atoms with Crippen molar-refractivity contribution in [3.8, 4) is 0 Å². The summed E-state index contributed by atoms with van der Waals surface area (Å²) < 4.78 is 5.59. The molecule has 0 radical (unpaired) electrons. The molecule has 15 heavy (non-hydrogen) atoms. The highest BCUT2D eigenvalue weighted by atomic mass is 79.9. The predicted octanol–water partition coefficient (Wildman–Crippen LogP) is 3.37. The van der Waals surface area contributed by atoms with Gasteiger partial charge in [0.1, 0.15) is 0 Å². The van der Waals surface area contributed by atoms with Crippen LogP contribution in [0.25, 0.3) is 0 Å². The summed E-state index contributed by atoms with van der Waals surface area (Å²) in [6.45, 7) is 2.03. The minimum Gasteiger partial charge on any atom is -0.469 e. The molecule has 1 rings (SSSR count). The largest absolute Gasteiger partial charge is 0.469 e. The fourth-order valence-electron chi connectivity index (χ4n) is 1.29. The number of methoxy groups -OCH3 is 1. The van der Waals surface area contributed by atoms with E-state index in [1.54, 1.807) is 0 Å². The molecule has 0 atom stereocenters. The number of hydrogen-bond acceptors (Lipinski definition) is 2. The highest BCUT2D eigenvalue weighted by Gasteiger charge is 2.09. The molecule has 0 bridgehead atoms. The molecule has 0 aromatic heterocycles. The number of carbonyl (C=O) groups excluding carboxylic acids is 1. The second kappa shape index (κ2) is 5.66. The first kappa shape index (κ1) is 12.7. The van der Waals surface area contributed by atoms with E-state index in [1.807, 2.05) is 19.1 Å². The van der Waals surface area contributed by atoms with Gasteiger partial charge in [0.05, 0.1) is 13.5 Å². The van der Waals surface area contributed by atoms with Crippen LogP contribution in [-0.2, 0) is 21.3 Å². The van der Waals surface area contributed by atoms with Crippen molar-refractivity contribution in [2.75, 3.05) is 7.11 Å². The number of ether oxygens (including phenoxy) is 1. The zero-order valence-corrected chi connectivity index (χ0v) is 11.8. The molecule has 0 amide bonds. The Kier molecular flexibility index (Phi) is 4.80. The van der Waals surface area contributed by atoms with Crippen LogP contribution in [0.5, 0.6) is 0 Å². The highest BCUT2D eigenvalue weighted by Crippen LogP contribution is 2.24. The van der Waals surface area contributed by atoms with Crippen LogP contribution < -0.4 is 0 Å². The second-order valence-electron chi connectivity index (χ2n) is 3.26. The second-order valence-corrected chi connectivity index (χ2v) is 4.67. The maximum Gasteiger partial charge on any atom is 0.310 e. The van der Waals surface area contributed by atoms with E-state index < -0.39 is 0 Å². The van der Waals surface area contributed by atoms with E-state index in [9.17, 15) is 4.79 Å². The van der Waals surface area contributed by atoms with Crippen LogP contribution >= 0.6 is 31.9 Å². The van der Waals surface area contributed by atoms with Gasteiger partial charge in [-0.3, -0.25) is 4.79 Å². The molecule has 2 nitrogen and oxygen atoms in total. The van der Waals surface area contributed by atoms with Crippen LogP contribution in [0.2, 0.25) is 0 Å². The van der Waals surface area contributed by atoms with Crippen LogP contribution in [0, 0.1) is 6.92 Å². The van der Waals surface area contributed by atoms with Crippen LogP contribution in [-0.4, -0.2) is 13.1 Å². The lowest BCUT2D eigenvalue weighted by Gasteiger charge is -2.08. The van der Waals surface area contributed by atoms with Gasteiger partial charge in [-0.05, 0) is 29.7 Å². The maximum atomic E-state index is 11.1. The number of hydrogen-bond donors (Lipinski definition) is 0. The van der Waals surface area contributed by atoms with Crippen LogP contribution in [0.15, 0.2) is 16.6 Å². The topological polar surface area (TPSA) is 26.3 Å². The summed E-state index contributed by atoms with van der Waals surface area (Å²) in [5.74, 6) is -0.221. The molecule has 0 saturated carbocycles. The Morgan fingerprint density at radius 2 is 2.07 bits per heavy atom. The molecular formula is C11H12Br2O2. The third-order valence-electron chi connectivity index (χ3n) is 2.21. The van der Waals surface area contributed by atoms with E-state index in [4.69, 9.17) is 0 Å².